The van der Waals surface area contributed by atoms with Crippen molar-refractivity contribution in [3.8, 4) is 28.7 Å². The van der Waals surface area contributed by atoms with Crippen molar-refractivity contribution in [2.45, 2.75) is 9.87 Å². The first-order chi connectivity index (χ1) is 11.1. The Balaban J connectivity index is 2.25. The van der Waals surface area contributed by atoms with Crippen LogP contribution in [0.3, 0.4) is 0 Å². The van der Waals surface area contributed by atoms with E-state index in [9.17, 15) is 30.3 Å². The van der Waals surface area contributed by atoms with E-state index in [0.717, 1.165) is 24.3 Å². The van der Waals surface area contributed by atoms with Crippen LogP contribution in [0, 0.1) is 0 Å². The van der Waals surface area contributed by atoms with Crippen molar-refractivity contribution >= 4 is 31.0 Å². The summed E-state index contributed by atoms with van der Waals surface area (Å²) < 4.78 is 5.55. The molecule has 1 aliphatic heterocycles. The van der Waals surface area contributed by atoms with Gasteiger partial charge in [0.05, 0.1) is 0 Å². The van der Waals surface area contributed by atoms with Crippen LogP contribution in [-0.4, -0.2) is 36.2 Å². The summed E-state index contributed by atoms with van der Waals surface area (Å²) >= 11 is 8.18. The van der Waals surface area contributed by atoms with Gasteiger partial charge in [0.2, 0.25) is 15.6 Å². The molecule has 0 fully saturated rings. The number of carbonyl (C=O) groups excluding carboxylic acids is 1. The van der Waals surface area contributed by atoms with E-state index < -0.39 is 32.9 Å². The molecule has 0 spiro atoms. The molecule has 0 saturated carbocycles. The van der Waals surface area contributed by atoms with Gasteiger partial charge in [-0.1, -0.05) is 6.07 Å². The fraction of sp³-hybridized carbons (Fsp3) is 0.133. The number of rotatable bonds is 1. The largest absolute Gasteiger partial charge is 0.508 e. The molecule has 7 nitrogen and oxygen atoms in total. The molecule has 2 aromatic rings. The zero-order valence-electron chi connectivity index (χ0n) is 11.8. The lowest BCUT2D eigenvalue weighted by Gasteiger charge is -2.43. The number of fused-ring (bicyclic) bond motifs is 1. The zero-order chi connectivity index (χ0) is 17.9. The van der Waals surface area contributed by atoms with Crippen LogP contribution in [0.5, 0.6) is 28.7 Å². The van der Waals surface area contributed by atoms with E-state index in [4.69, 9.17) is 4.74 Å². The molecule has 0 aromatic heterocycles. The number of hydrogen-bond acceptors (Lipinski definition) is 9. The molecular formula is C15H12O7S2. The number of phenolic OH excluding ortho intramolecular Hbond substituents is 4. The molecule has 3 rings (SSSR count). The predicted molar refractivity (Wildman–Crippen MR) is 89.1 cm³/mol. The Morgan fingerprint density at radius 3 is 2.21 bits per heavy atom. The van der Waals surface area contributed by atoms with Crippen LogP contribution in [0.2, 0.25) is 0 Å². The minimum atomic E-state index is -2.53. The van der Waals surface area contributed by atoms with E-state index in [2.05, 4.69) is 25.3 Å². The summed E-state index contributed by atoms with van der Waals surface area (Å²) in [5, 5.41) is 49.1. The third kappa shape index (κ3) is 2.16. The minimum absolute atomic E-state index is 0.0143. The van der Waals surface area contributed by atoms with Crippen molar-refractivity contribution in [3.63, 3.8) is 0 Å². The highest BCUT2D eigenvalue weighted by Crippen LogP contribution is 2.53. The summed E-state index contributed by atoms with van der Waals surface area (Å²) in [6.45, 7) is 0. The third-order valence-electron chi connectivity index (χ3n) is 3.71. The van der Waals surface area contributed by atoms with Crippen LogP contribution in [0.4, 0.5) is 0 Å². The molecule has 0 aliphatic carbocycles. The molecule has 2 aromatic carbocycles. The molecule has 126 valence electrons. The van der Waals surface area contributed by atoms with Gasteiger partial charge in [-0.3, -0.25) is 4.79 Å². The molecule has 1 heterocycles. The van der Waals surface area contributed by atoms with Crippen LogP contribution < -0.4 is 4.74 Å². The fourth-order valence-electron chi connectivity index (χ4n) is 2.45. The number of aromatic hydroxyl groups is 4. The van der Waals surface area contributed by atoms with Gasteiger partial charge in [0.25, 0.3) is 0 Å². The second-order valence-electron chi connectivity index (χ2n) is 5.29. The van der Waals surface area contributed by atoms with Gasteiger partial charge in [-0.2, -0.15) is 0 Å². The third-order valence-corrected chi connectivity index (χ3v) is 5.07. The number of Topliss-reactive ketones (excluding diaryl/α,β-unsaturated/α-hetero) is 1. The number of carbonyl (C=O) groups is 1. The molecule has 0 saturated heterocycles. The second kappa shape index (κ2) is 5.13. The molecular weight excluding hydrogens is 356 g/mol. The molecule has 0 unspecified atom stereocenters. The number of ketones is 1. The molecule has 5 N–H and O–H groups in total. The highest BCUT2D eigenvalue weighted by Gasteiger charge is 2.59. The number of benzene rings is 2. The van der Waals surface area contributed by atoms with Crippen LogP contribution in [0.1, 0.15) is 15.9 Å². The fourth-order valence-corrected chi connectivity index (χ4v) is 3.07. The lowest BCUT2D eigenvalue weighted by molar-refractivity contribution is -0.0139. The molecule has 0 bridgehead atoms. The number of aliphatic hydroxyl groups is 1. The van der Waals surface area contributed by atoms with Crippen LogP contribution in [-0.2, 0) is 4.93 Å². The minimum Gasteiger partial charge on any atom is -0.508 e. The summed E-state index contributed by atoms with van der Waals surface area (Å²) in [7, 11) is 0. The van der Waals surface area contributed by atoms with Gasteiger partial charge >= 0.3 is 0 Å². The zero-order valence-corrected chi connectivity index (χ0v) is 13.6. The number of ether oxygens (including phenoxy) is 1. The van der Waals surface area contributed by atoms with Gasteiger partial charge in [-0.15, -0.1) is 25.3 Å². The number of phenols is 4. The van der Waals surface area contributed by atoms with Gasteiger partial charge in [0.1, 0.15) is 22.8 Å². The summed E-state index contributed by atoms with van der Waals surface area (Å²) in [5.74, 6) is -3.13. The standard InChI is InChI=1S/C15H12O7S2/c16-7-4-10(19)12-11(5-7)22-15(24,14(21,23)13(12)20)6-1-2-8(17)9(18)3-6/h1-5,16-19,21,23-24H/t14-,15+/m1/s1. The Morgan fingerprint density at radius 1 is 0.917 bits per heavy atom. The molecule has 0 amide bonds. The predicted octanol–water partition coefficient (Wildman–Crippen LogP) is 1.49. The lowest BCUT2D eigenvalue weighted by atomic mass is 9.91. The maximum atomic E-state index is 12.6. The molecule has 1 aliphatic rings. The first-order valence-corrected chi connectivity index (χ1v) is 7.46. The van der Waals surface area contributed by atoms with E-state index in [1.165, 1.54) is 6.07 Å². The van der Waals surface area contributed by atoms with Crippen molar-refractivity contribution < 1.29 is 35.1 Å². The lowest BCUT2D eigenvalue weighted by Crippen LogP contribution is -2.56. The van der Waals surface area contributed by atoms with Gasteiger partial charge in [-0.05, 0) is 12.1 Å². The molecule has 0 radical (unpaired) electrons. The molecule has 24 heavy (non-hydrogen) atoms. The normalized spacial score (nSPS) is 25.9. The van der Waals surface area contributed by atoms with Crippen molar-refractivity contribution in [3.05, 3.63) is 41.5 Å². The Kier molecular flexibility index (Phi) is 3.55. The Hall–Kier alpha value is -2.23. The second-order valence-corrected chi connectivity index (χ2v) is 6.57. The summed E-state index contributed by atoms with van der Waals surface area (Å²) in [6, 6.07) is 5.42. The van der Waals surface area contributed by atoms with Crippen LogP contribution in [0.25, 0.3) is 0 Å². The summed E-state index contributed by atoms with van der Waals surface area (Å²) in [6.07, 6.45) is 0. The van der Waals surface area contributed by atoms with E-state index in [-0.39, 0.29) is 22.6 Å². The Labute approximate surface area is 146 Å². The monoisotopic (exact) mass is 368 g/mol. The maximum absolute atomic E-state index is 12.6. The molecule has 2 atom stereocenters. The van der Waals surface area contributed by atoms with E-state index in [0.29, 0.717) is 0 Å². The van der Waals surface area contributed by atoms with Crippen LogP contribution in [0.15, 0.2) is 30.3 Å². The maximum Gasteiger partial charge on any atom is 0.225 e. The van der Waals surface area contributed by atoms with Gasteiger partial charge in [0.15, 0.2) is 11.5 Å². The number of hydrogen-bond donors (Lipinski definition) is 7. The Bertz CT molecular complexity index is 865. The van der Waals surface area contributed by atoms with Gasteiger partial charge < -0.3 is 30.3 Å². The number of thiol groups is 2. The average molecular weight is 368 g/mol. The first-order valence-electron chi connectivity index (χ1n) is 6.57. The van der Waals surface area contributed by atoms with Crippen molar-refractivity contribution in [1.82, 2.24) is 0 Å². The quantitative estimate of drug-likeness (QED) is 0.231. The van der Waals surface area contributed by atoms with Crippen molar-refractivity contribution in [2.24, 2.45) is 0 Å². The van der Waals surface area contributed by atoms with E-state index in [1.54, 1.807) is 0 Å². The van der Waals surface area contributed by atoms with Crippen molar-refractivity contribution in [2.75, 3.05) is 0 Å². The first kappa shape index (κ1) is 16.6. The SMILES string of the molecule is O=C1c2c(O)cc(O)cc2O[C@](S)(c2ccc(O)c(O)c2)[C@]1(O)S. The molecule has 9 heteroatoms. The summed E-state index contributed by atoms with van der Waals surface area (Å²) in [5.41, 5.74) is -0.349. The van der Waals surface area contributed by atoms with Gasteiger partial charge in [-0.25, -0.2) is 0 Å². The highest BCUT2D eigenvalue weighted by atomic mass is 32.1. The topological polar surface area (TPSA) is 127 Å². The Morgan fingerprint density at radius 2 is 1.58 bits per heavy atom. The highest BCUT2D eigenvalue weighted by molar-refractivity contribution is 7.86. The summed E-state index contributed by atoms with van der Waals surface area (Å²) in [4.78, 5) is 8.00. The smallest absolute Gasteiger partial charge is 0.225 e. The van der Waals surface area contributed by atoms with Crippen molar-refractivity contribution in [1.29, 1.82) is 0 Å². The van der Waals surface area contributed by atoms with Gasteiger partial charge in [0, 0.05) is 17.7 Å². The van der Waals surface area contributed by atoms with Crippen LogP contribution >= 0.6 is 25.3 Å². The average Bonchev–Trinajstić information content (AvgIpc) is 2.47. The van der Waals surface area contributed by atoms with E-state index in [1.807, 2.05) is 0 Å². The van der Waals surface area contributed by atoms with E-state index >= 15 is 0 Å².